The second-order valence-electron chi connectivity index (χ2n) is 3.83. The molecule has 96 valence electrons. The molecule has 0 amide bonds. The summed E-state index contributed by atoms with van der Waals surface area (Å²) < 4.78 is 74.6. The molecule has 0 heterocycles. The first-order chi connectivity index (χ1) is 7.57. The third-order valence-corrected chi connectivity index (χ3v) is 2.52. The monoisotopic (exact) mass is 256 g/mol. The van der Waals surface area contributed by atoms with Gasteiger partial charge in [0.05, 0.1) is 0 Å². The third kappa shape index (κ3) is 2.56. The Hall–Kier alpha value is -1.20. The fraction of sp³-hybridized carbons (Fsp3) is 0.455. The van der Waals surface area contributed by atoms with Gasteiger partial charge in [0.25, 0.3) is 0 Å². The highest BCUT2D eigenvalue weighted by Crippen LogP contribution is 2.46. The van der Waals surface area contributed by atoms with E-state index in [0.29, 0.717) is 11.1 Å². The smallest absolute Gasteiger partial charge is 0.235 e. The van der Waals surface area contributed by atoms with E-state index in [4.69, 9.17) is 0 Å². The molecule has 0 N–H and O–H groups in total. The molecule has 0 nitrogen and oxygen atoms in total. The van der Waals surface area contributed by atoms with Gasteiger partial charge in [0.2, 0.25) is 0 Å². The Kier molecular flexibility index (Phi) is 3.45. The summed E-state index contributed by atoms with van der Waals surface area (Å²) in [5, 5.41) is 0. The van der Waals surface area contributed by atoms with E-state index in [2.05, 4.69) is 0 Å². The molecule has 1 aromatic carbocycles. The molecule has 0 aromatic heterocycles. The molecule has 0 aliphatic carbocycles. The lowest BCUT2D eigenvalue weighted by molar-refractivity contribution is -0.305. The summed E-state index contributed by atoms with van der Waals surface area (Å²) in [6.45, 7) is 3.16. The van der Waals surface area contributed by atoms with Gasteiger partial charge in [0.1, 0.15) is 0 Å². The molecule has 0 saturated carbocycles. The number of aryl methyl sites for hydroxylation is 2. The molecule has 0 saturated heterocycles. The van der Waals surface area contributed by atoms with E-state index in [1.165, 1.54) is 13.0 Å². The summed E-state index contributed by atoms with van der Waals surface area (Å²) in [5.74, 6) is -5.38. The molecule has 0 aliphatic heterocycles. The van der Waals surface area contributed by atoms with E-state index < -0.39 is 23.8 Å². The summed E-state index contributed by atoms with van der Waals surface area (Å²) in [7, 11) is 0. The molecule has 0 spiro atoms. The fourth-order valence-electron chi connectivity index (χ4n) is 1.28. The first-order valence-electron chi connectivity index (χ1n) is 4.73. The van der Waals surface area contributed by atoms with Gasteiger partial charge in [0, 0.05) is 0 Å². The van der Waals surface area contributed by atoms with Crippen molar-refractivity contribution in [3.8, 4) is 0 Å². The van der Waals surface area contributed by atoms with Crippen LogP contribution in [0.4, 0.5) is 26.3 Å². The van der Waals surface area contributed by atoms with E-state index in [1.54, 1.807) is 6.92 Å². The average Bonchev–Trinajstić information content (AvgIpc) is 2.19. The molecule has 0 bridgehead atoms. The van der Waals surface area contributed by atoms with Gasteiger partial charge in [-0.3, -0.25) is 0 Å². The number of alkyl halides is 6. The topological polar surface area (TPSA) is 0 Å². The first kappa shape index (κ1) is 13.9. The molecular weight excluding hydrogens is 246 g/mol. The van der Waals surface area contributed by atoms with E-state index in [-0.39, 0.29) is 0 Å². The summed E-state index contributed by atoms with van der Waals surface area (Å²) in [6.07, 6.45) is -9.28. The average molecular weight is 256 g/mol. The minimum absolute atomic E-state index is 0.461. The number of benzene rings is 1. The van der Waals surface area contributed by atoms with E-state index in [1.807, 2.05) is 0 Å². The number of rotatable bonds is 2. The predicted molar refractivity (Wildman–Crippen MR) is 50.8 cm³/mol. The van der Waals surface area contributed by atoms with Crippen LogP contribution in [0, 0.1) is 13.8 Å². The van der Waals surface area contributed by atoms with Crippen molar-refractivity contribution in [2.24, 2.45) is 0 Å². The maximum Gasteiger partial charge on any atom is 0.456 e. The maximum absolute atomic E-state index is 13.3. The van der Waals surface area contributed by atoms with Crippen LogP contribution in [-0.4, -0.2) is 12.1 Å². The molecule has 6 heteroatoms. The van der Waals surface area contributed by atoms with Crippen molar-refractivity contribution >= 4 is 0 Å². The number of halogens is 6. The maximum atomic E-state index is 13.3. The molecule has 1 unspecified atom stereocenters. The van der Waals surface area contributed by atoms with Gasteiger partial charge in [-0.15, -0.1) is 0 Å². The standard InChI is InChI=1S/C11H10F6/c1-6-3-4-8(5-7(6)2)9(12)10(13,14)11(15,16)17/h3-5,9H,1-2H3. The van der Waals surface area contributed by atoms with Crippen LogP contribution in [0.2, 0.25) is 0 Å². The molecule has 1 rings (SSSR count). The van der Waals surface area contributed by atoms with Crippen LogP contribution in [0.1, 0.15) is 22.9 Å². The second kappa shape index (κ2) is 4.23. The Bertz CT molecular complexity index is 407. The third-order valence-electron chi connectivity index (χ3n) is 2.52. The summed E-state index contributed by atoms with van der Waals surface area (Å²) >= 11 is 0. The van der Waals surface area contributed by atoms with Crippen LogP contribution in [0.25, 0.3) is 0 Å². The van der Waals surface area contributed by atoms with Crippen molar-refractivity contribution < 1.29 is 26.3 Å². The van der Waals surface area contributed by atoms with Crippen LogP contribution in [-0.2, 0) is 0 Å². The van der Waals surface area contributed by atoms with Crippen LogP contribution in [0.3, 0.4) is 0 Å². The van der Waals surface area contributed by atoms with Crippen molar-refractivity contribution in [1.82, 2.24) is 0 Å². The normalized spacial score (nSPS) is 14.8. The van der Waals surface area contributed by atoms with Gasteiger partial charge in [-0.05, 0) is 30.5 Å². The van der Waals surface area contributed by atoms with Crippen molar-refractivity contribution in [2.45, 2.75) is 32.1 Å². The molecule has 1 aromatic rings. The van der Waals surface area contributed by atoms with Crippen molar-refractivity contribution in [3.63, 3.8) is 0 Å². The molecule has 1 atom stereocenters. The highest BCUT2D eigenvalue weighted by Gasteiger charge is 2.63. The lowest BCUT2D eigenvalue weighted by atomic mass is 10.00. The minimum atomic E-state index is -5.90. The van der Waals surface area contributed by atoms with Gasteiger partial charge < -0.3 is 0 Å². The highest BCUT2D eigenvalue weighted by atomic mass is 19.4. The number of hydrogen-bond donors (Lipinski definition) is 0. The van der Waals surface area contributed by atoms with Crippen LogP contribution < -0.4 is 0 Å². The van der Waals surface area contributed by atoms with E-state index in [9.17, 15) is 26.3 Å². The zero-order valence-electron chi connectivity index (χ0n) is 9.08. The van der Waals surface area contributed by atoms with Crippen LogP contribution >= 0.6 is 0 Å². The van der Waals surface area contributed by atoms with Crippen molar-refractivity contribution in [1.29, 1.82) is 0 Å². The summed E-state index contributed by atoms with van der Waals surface area (Å²) in [4.78, 5) is 0. The Balaban J connectivity index is 3.12. The van der Waals surface area contributed by atoms with Gasteiger partial charge in [-0.1, -0.05) is 18.2 Å². The zero-order chi connectivity index (χ0) is 13.4. The van der Waals surface area contributed by atoms with Crippen LogP contribution in [0.5, 0.6) is 0 Å². The van der Waals surface area contributed by atoms with E-state index in [0.717, 1.165) is 12.1 Å². The Morgan fingerprint density at radius 2 is 1.47 bits per heavy atom. The molecule has 0 aliphatic rings. The number of hydrogen-bond acceptors (Lipinski definition) is 0. The van der Waals surface area contributed by atoms with Crippen molar-refractivity contribution in [3.05, 3.63) is 34.9 Å². The van der Waals surface area contributed by atoms with Gasteiger partial charge in [-0.2, -0.15) is 22.0 Å². The fourth-order valence-corrected chi connectivity index (χ4v) is 1.28. The molecular formula is C11H10F6. The second-order valence-corrected chi connectivity index (χ2v) is 3.83. The van der Waals surface area contributed by atoms with Gasteiger partial charge in [-0.25, -0.2) is 4.39 Å². The summed E-state index contributed by atoms with van der Waals surface area (Å²) in [6, 6.07) is 3.25. The van der Waals surface area contributed by atoms with Crippen molar-refractivity contribution in [2.75, 3.05) is 0 Å². The largest absolute Gasteiger partial charge is 0.456 e. The Labute approximate surface area is 94.2 Å². The predicted octanol–water partition coefficient (Wildman–Crippen LogP) is 4.51. The molecule has 17 heavy (non-hydrogen) atoms. The Morgan fingerprint density at radius 3 is 1.88 bits per heavy atom. The quantitative estimate of drug-likeness (QED) is 0.683. The van der Waals surface area contributed by atoms with Crippen LogP contribution in [0.15, 0.2) is 18.2 Å². The molecule has 0 radical (unpaired) electrons. The molecule has 0 fully saturated rings. The van der Waals surface area contributed by atoms with E-state index >= 15 is 0 Å². The zero-order valence-corrected chi connectivity index (χ0v) is 9.08. The van der Waals surface area contributed by atoms with Gasteiger partial charge >= 0.3 is 12.1 Å². The lowest BCUT2D eigenvalue weighted by Crippen LogP contribution is -2.40. The van der Waals surface area contributed by atoms with Gasteiger partial charge in [0.15, 0.2) is 6.17 Å². The lowest BCUT2D eigenvalue weighted by Gasteiger charge is -2.23. The minimum Gasteiger partial charge on any atom is -0.235 e. The highest BCUT2D eigenvalue weighted by molar-refractivity contribution is 5.32. The first-order valence-corrected chi connectivity index (χ1v) is 4.73. The summed E-state index contributed by atoms with van der Waals surface area (Å²) in [5.41, 5.74) is 0.481. The Morgan fingerprint density at radius 1 is 0.941 bits per heavy atom. The SMILES string of the molecule is Cc1ccc(C(F)C(F)(F)C(F)(F)F)cc1C.